The van der Waals surface area contributed by atoms with Crippen LogP contribution in [0.4, 0.5) is 5.82 Å². The topological polar surface area (TPSA) is 72.0 Å². The molecule has 112 valence electrons. The van der Waals surface area contributed by atoms with Gasteiger partial charge in [0.25, 0.3) is 0 Å². The fourth-order valence-corrected chi connectivity index (χ4v) is 3.47. The molecule has 0 bridgehead atoms. The van der Waals surface area contributed by atoms with Crippen LogP contribution in [-0.4, -0.2) is 31.7 Å². The zero-order valence-electron chi connectivity index (χ0n) is 12.1. The van der Waals surface area contributed by atoms with Gasteiger partial charge in [-0.3, -0.25) is 0 Å². The third-order valence-electron chi connectivity index (χ3n) is 2.96. The van der Waals surface area contributed by atoms with E-state index in [9.17, 15) is 8.42 Å². The Balaban J connectivity index is 2.30. The first kappa shape index (κ1) is 15.8. The average Bonchev–Trinajstić information content (AvgIpc) is 2.46. The largest absolute Gasteiger partial charge is 0.373 e. The maximum atomic E-state index is 11.5. The van der Waals surface area contributed by atoms with Crippen molar-refractivity contribution in [3.63, 3.8) is 0 Å². The van der Waals surface area contributed by atoms with E-state index in [1.165, 1.54) is 24.3 Å². The second kappa shape index (κ2) is 6.44. The summed E-state index contributed by atoms with van der Waals surface area (Å²) in [6.45, 7) is 2.05. The predicted octanol–water partition coefficient (Wildman–Crippen LogP) is 2.64. The monoisotopic (exact) mass is 323 g/mol. The fourth-order valence-electron chi connectivity index (χ4n) is 1.88. The minimum absolute atomic E-state index is 0.321. The van der Waals surface area contributed by atoms with Gasteiger partial charge in [-0.25, -0.2) is 18.4 Å². The molecule has 0 amide bonds. The first-order valence-electron chi connectivity index (χ1n) is 6.45. The zero-order chi connectivity index (χ0) is 15.5. The molecule has 0 fully saturated rings. The molecule has 1 N–H and O–H groups in total. The lowest BCUT2D eigenvalue weighted by Gasteiger charge is -2.10. The molecule has 1 aromatic carbocycles. The Labute approximate surface area is 129 Å². The summed E-state index contributed by atoms with van der Waals surface area (Å²) in [5.74, 6) is 0.822. The molecule has 2 rings (SSSR count). The van der Waals surface area contributed by atoms with Crippen LogP contribution >= 0.6 is 11.8 Å². The smallest absolute Gasteiger partial charge is 0.175 e. The summed E-state index contributed by atoms with van der Waals surface area (Å²) in [5, 5.41) is 3.94. The molecule has 0 spiro atoms. The summed E-state index contributed by atoms with van der Waals surface area (Å²) < 4.78 is 22.9. The van der Waals surface area contributed by atoms with E-state index in [1.807, 2.05) is 7.05 Å². The van der Waals surface area contributed by atoms with Crippen molar-refractivity contribution in [1.82, 2.24) is 9.97 Å². The number of nitrogens with one attached hydrogen (secondary N) is 1. The van der Waals surface area contributed by atoms with Gasteiger partial charge in [0.1, 0.15) is 17.2 Å². The van der Waals surface area contributed by atoms with E-state index >= 15 is 0 Å². The van der Waals surface area contributed by atoms with E-state index < -0.39 is 9.84 Å². The molecule has 0 atom stereocenters. The highest BCUT2D eigenvalue weighted by molar-refractivity contribution is 7.99. The Morgan fingerprint density at radius 2 is 1.86 bits per heavy atom. The summed E-state index contributed by atoms with van der Waals surface area (Å²) in [4.78, 5) is 9.78. The number of hydrogen-bond acceptors (Lipinski definition) is 6. The third kappa shape index (κ3) is 3.74. The standard InChI is InChI=1S/C14H17N3O2S2/c1-4-12-13(15-2)16-9-17-14(12)20-10-5-7-11(8-6-10)21(3,18)19/h5-9H,4H2,1-3H3,(H,15,16,17). The lowest BCUT2D eigenvalue weighted by Crippen LogP contribution is -2.01. The maximum Gasteiger partial charge on any atom is 0.175 e. The van der Waals surface area contributed by atoms with Crippen LogP contribution in [0.3, 0.4) is 0 Å². The number of benzene rings is 1. The van der Waals surface area contributed by atoms with Gasteiger partial charge in [-0.2, -0.15) is 0 Å². The van der Waals surface area contributed by atoms with E-state index in [1.54, 1.807) is 24.3 Å². The van der Waals surface area contributed by atoms with Crippen LogP contribution in [-0.2, 0) is 16.3 Å². The van der Waals surface area contributed by atoms with E-state index in [0.29, 0.717) is 4.90 Å². The van der Waals surface area contributed by atoms with Crippen molar-refractivity contribution in [2.24, 2.45) is 0 Å². The van der Waals surface area contributed by atoms with Crippen molar-refractivity contribution in [2.45, 2.75) is 28.2 Å². The van der Waals surface area contributed by atoms with Gasteiger partial charge in [-0.05, 0) is 30.7 Å². The number of anilines is 1. The second-order valence-electron chi connectivity index (χ2n) is 4.46. The highest BCUT2D eigenvalue weighted by Gasteiger charge is 2.11. The highest BCUT2D eigenvalue weighted by Crippen LogP contribution is 2.31. The van der Waals surface area contributed by atoms with Crippen molar-refractivity contribution >= 4 is 27.4 Å². The van der Waals surface area contributed by atoms with Crippen molar-refractivity contribution in [1.29, 1.82) is 0 Å². The molecule has 1 heterocycles. The van der Waals surface area contributed by atoms with Crippen molar-refractivity contribution in [2.75, 3.05) is 18.6 Å². The Morgan fingerprint density at radius 3 is 2.38 bits per heavy atom. The molecule has 0 unspecified atom stereocenters. The van der Waals surface area contributed by atoms with Crippen LogP contribution in [0, 0.1) is 0 Å². The molecule has 0 saturated carbocycles. The maximum absolute atomic E-state index is 11.5. The Hall–Kier alpha value is -1.60. The molecule has 0 radical (unpaired) electrons. The van der Waals surface area contributed by atoms with Crippen LogP contribution in [0.5, 0.6) is 0 Å². The first-order valence-corrected chi connectivity index (χ1v) is 9.16. The molecular weight excluding hydrogens is 306 g/mol. The van der Waals surface area contributed by atoms with Gasteiger partial charge in [-0.1, -0.05) is 18.7 Å². The lowest BCUT2D eigenvalue weighted by atomic mass is 10.2. The highest BCUT2D eigenvalue weighted by atomic mass is 32.2. The van der Waals surface area contributed by atoms with Crippen molar-refractivity contribution in [3.05, 3.63) is 36.2 Å². The van der Waals surface area contributed by atoms with Gasteiger partial charge in [0.05, 0.1) is 4.90 Å². The Morgan fingerprint density at radius 1 is 1.19 bits per heavy atom. The first-order chi connectivity index (χ1) is 9.95. The Kier molecular flexibility index (Phi) is 4.84. The van der Waals surface area contributed by atoms with Crippen molar-refractivity contribution in [3.8, 4) is 0 Å². The quantitative estimate of drug-likeness (QED) is 0.853. The summed E-state index contributed by atoms with van der Waals surface area (Å²) in [6.07, 6.45) is 3.55. The molecular formula is C14H17N3O2S2. The average molecular weight is 323 g/mol. The van der Waals surface area contributed by atoms with Crippen LogP contribution in [0.1, 0.15) is 12.5 Å². The molecule has 7 heteroatoms. The van der Waals surface area contributed by atoms with Crippen LogP contribution in [0.2, 0.25) is 0 Å². The van der Waals surface area contributed by atoms with Gasteiger partial charge in [0.15, 0.2) is 9.84 Å². The summed E-state index contributed by atoms with van der Waals surface area (Å²) in [7, 11) is -1.33. The van der Waals surface area contributed by atoms with Gasteiger partial charge >= 0.3 is 0 Å². The zero-order valence-corrected chi connectivity index (χ0v) is 13.8. The molecule has 0 aliphatic heterocycles. The van der Waals surface area contributed by atoms with E-state index in [-0.39, 0.29) is 0 Å². The predicted molar refractivity (Wildman–Crippen MR) is 84.6 cm³/mol. The summed E-state index contributed by atoms with van der Waals surface area (Å²) in [6, 6.07) is 6.82. The van der Waals surface area contributed by atoms with Crippen LogP contribution < -0.4 is 5.32 Å². The molecule has 0 aliphatic rings. The molecule has 2 aromatic rings. The normalized spacial score (nSPS) is 11.4. The molecule has 0 saturated heterocycles. The summed E-state index contributed by atoms with van der Waals surface area (Å²) in [5.41, 5.74) is 1.05. The minimum atomic E-state index is -3.16. The second-order valence-corrected chi connectivity index (χ2v) is 7.53. The minimum Gasteiger partial charge on any atom is -0.373 e. The van der Waals surface area contributed by atoms with Gasteiger partial charge in [0, 0.05) is 23.8 Å². The molecule has 21 heavy (non-hydrogen) atoms. The van der Waals surface area contributed by atoms with Crippen molar-refractivity contribution < 1.29 is 8.42 Å². The fraction of sp³-hybridized carbons (Fsp3) is 0.286. The van der Waals surface area contributed by atoms with Crippen LogP contribution in [0.25, 0.3) is 0 Å². The van der Waals surface area contributed by atoms with Gasteiger partial charge in [-0.15, -0.1) is 0 Å². The third-order valence-corrected chi connectivity index (χ3v) is 5.14. The van der Waals surface area contributed by atoms with E-state index in [2.05, 4.69) is 22.2 Å². The molecule has 1 aromatic heterocycles. The lowest BCUT2D eigenvalue weighted by molar-refractivity contribution is 0.602. The molecule has 0 aliphatic carbocycles. The summed E-state index contributed by atoms with van der Waals surface area (Å²) >= 11 is 1.50. The SMILES string of the molecule is CCc1c(NC)ncnc1Sc1ccc(S(C)(=O)=O)cc1. The number of sulfone groups is 1. The van der Waals surface area contributed by atoms with E-state index in [0.717, 1.165) is 27.7 Å². The number of nitrogens with zero attached hydrogens (tertiary/aromatic N) is 2. The number of rotatable bonds is 5. The van der Waals surface area contributed by atoms with Gasteiger partial charge < -0.3 is 5.32 Å². The number of hydrogen-bond donors (Lipinski definition) is 1. The van der Waals surface area contributed by atoms with Gasteiger partial charge in [0.2, 0.25) is 0 Å². The van der Waals surface area contributed by atoms with Crippen LogP contribution in [0.15, 0.2) is 45.4 Å². The Bertz CT molecular complexity index is 728. The molecule has 5 nitrogen and oxygen atoms in total. The number of aromatic nitrogens is 2. The van der Waals surface area contributed by atoms with E-state index in [4.69, 9.17) is 0 Å².